The minimum absolute atomic E-state index is 0.181. The average Bonchev–Trinajstić information content (AvgIpc) is 2.89. The number of hydrogen-bond donors (Lipinski definition) is 1. The molecule has 0 bridgehead atoms. The molecule has 0 aliphatic rings. The molecule has 6 nitrogen and oxygen atoms in total. The van der Waals surface area contributed by atoms with E-state index in [9.17, 15) is 9.59 Å². The highest BCUT2D eigenvalue weighted by molar-refractivity contribution is 8.00. The number of para-hydroxylation sites is 3. The summed E-state index contributed by atoms with van der Waals surface area (Å²) in [5.41, 5.74) is 1.65. The van der Waals surface area contributed by atoms with Crippen molar-refractivity contribution in [3.05, 3.63) is 101 Å². The second kappa shape index (κ2) is 9.64. The van der Waals surface area contributed by atoms with Gasteiger partial charge in [-0.05, 0) is 54.1 Å². The second-order valence-electron chi connectivity index (χ2n) is 8.04. The Balaban J connectivity index is 1.51. The minimum Gasteiger partial charge on any atom is -0.495 e. The number of rotatable bonds is 6. The van der Waals surface area contributed by atoms with Crippen molar-refractivity contribution in [2.24, 2.45) is 0 Å². The van der Waals surface area contributed by atoms with Crippen molar-refractivity contribution in [1.82, 2.24) is 9.55 Å². The van der Waals surface area contributed by atoms with Crippen LogP contribution in [0, 0.1) is 0 Å². The third kappa shape index (κ3) is 4.50. The number of aromatic nitrogens is 2. The van der Waals surface area contributed by atoms with E-state index >= 15 is 0 Å². The quantitative estimate of drug-likeness (QED) is 0.250. The van der Waals surface area contributed by atoms with Gasteiger partial charge >= 0.3 is 0 Å². The summed E-state index contributed by atoms with van der Waals surface area (Å²) >= 11 is 1.23. The molecule has 1 N–H and O–H groups in total. The standard InChI is InChI=1S/C28H23N3O3S/c1-18(26(32)29-21-16-15-19-9-3-4-10-20(19)17-21)35-28-30-23-12-6-5-11-22(23)27(33)31(28)24-13-7-8-14-25(24)34-2/h3-18H,1-2H3,(H,29,32). The summed E-state index contributed by atoms with van der Waals surface area (Å²) in [6, 6.07) is 28.3. The lowest BCUT2D eigenvalue weighted by Crippen LogP contribution is -2.26. The van der Waals surface area contributed by atoms with Crippen LogP contribution in [0.3, 0.4) is 0 Å². The number of anilines is 1. The number of amides is 1. The normalized spacial score (nSPS) is 11.9. The molecule has 7 heteroatoms. The summed E-state index contributed by atoms with van der Waals surface area (Å²) in [7, 11) is 1.56. The third-order valence-corrected chi connectivity index (χ3v) is 6.79. The molecule has 1 amide bonds. The molecule has 0 aliphatic carbocycles. The van der Waals surface area contributed by atoms with E-state index in [0.29, 0.717) is 27.5 Å². The van der Waals surface area contributed by atoms with Crippen LogP contribution >= 0.6 is 11.8 Å². The van der Waals surface area contributed by atoms with E-state index in [-0.39, 0.29) is 11.5 Å². The Bertz CT molecular complexity index is 1610. The highest BCUT2D eigenvalue weighted by atomic mass is 32.2. The zero-order valence-corrected chi connectivity index (χ0v) is 20.1. The number of nitrogens with one attached hydrogen (secondary N) is 1. The highest BCUT2D eigenvalue weighted by Crippen LogP contribution is 2.30. The van der Waals surface area contributed by atoms with Gasteiger partial charge in [-0.1, -0.05) is 66.4 Å². The smallest absolute Gasteiger partial charge is 0.266 e. The van der Waals surface area contributed by atoms with Crippen LogP contribution in [-0.4, -0.2) is 27.8 Å². The molecule has 35 heavy (non-hydrogen) atoms. The van der Waals surface area contributed by atoms with E-state index in [1.807, 2.05) is 66.7 Å². The Morgan fingerprint density at radius 3 is 2.49 bits per heavy atom. The number of carbonyl (C=O) groups excluding carboxylic acids is 1. The monoisotopic (exact) mass is 481 g/mol. The molecular formula is C28H23N3O3S. The van der Waals surface area contributed by atoms with Gasteiger partial charge in [0.1, 0.15) is 5.75 Å². The minimum atomic E-state index is -0.518. The number of benzene rings is 4. The molecule has 0 radical (unpaired) electrons. The van der Waals surface area contributed by atoms with Crippen LogP contribution in [0.2, 0.25) is 0 Å². The summed E-state index contributed by atoms with van der Waals surface area (Å²) in [6.45, 7) is 1.80. The first kappa shape index (κ1) is 22.7. The molecule has 0 spiro atoms. The lowest BCUT2D eigenvalue weighted by Gasteiger charge is -2.18. The molecule has 1 unspecified atom stereocenters. The van der Waals surface area contributed by atoms with Crippen molar-refractivity contribution in [3.63, 3.8) is 0 Å². The van der Waals surface area contributed by atoms with Gasteiger partial charge in [0.05, 0.1) is 29.0 Å². The van der Waals surface area contributed by atoms with Crippen LogP contribution in [0.4, 0.5) is 5.69 Å². The van der Waals surface area contributed by atoms with Crippen LogP contribution in [0.25, 0.3) is 27.4 Å². The number of fused-ring (bicyclic) bond motifs is 2. The predicted octanol–water partition coefficient (Wildman–Crippen LogP) is 5.67. The van der Waals surface area contributed by atoms with E-state index in [4.69, 9.17) is 9.72 Å². The van der Waals surface area contributed by atoms with Gasteiger partial charge in [0, 0.05) is 5.69 Å². The Morgan fingerprint density at radius 1 is 0.943 bits per heavy atom. The molecule has 1 atom stereocenters. The summed E-state index contributed by atoms with van der Waals surface area (Å²) in [4.78, 5) is 31.4. The Labute approximate surface area is 206 Å². The molecular weight excluding hydrogens is 458 g/mol. The van der Waals surface area contributed by atoms with E-state index in [1.54, 1.807) is 38.3 Å². The third-order valence-electron chi connectivity index (χ3n) is 5.74. The fraction of sp³-hybridized carbons (Fsp3) is 0.107. The van der Waals surface area contributed by atoms with Gasteiger partial charge in [-0.25, -0.2) is 4.98 Å². The summed E-state index contributed by atoms with van der Waals surface area (Å²) < 4.78 is 7.03. The van der Waals surface area contributed by atoms with Crippen LogP contribution in [0.5, 0.6) is 5.75 Å². The van der Waals surface area contributed by atoms with Gasteiger partial charge in [-0.2, -0.15) is 0 Å². The molecule has 1 aromatic heterocycles. The predicted molar refractivity (Wildman–Crippen MR) is 142 cm³/mol. The molecule has 1 heterocycles. The van der Waals surface area contributed by atoms with Crippen molar-refractivity contribution in [1.29, 1.82) is 0 Å². The van der Waals surface area contributed by atoms with Gasteiger partial charge < -0.3 is 10.1 Å². The largest absolute Gasteiger partial charge is 0.495 e. The Hall–Kier alpha value is -4.10. The zero-order chi connectivity index (χ0) is 24.4. The molecule has 0 fully saturated rings. The Morgan fingerprint density at radius 2 is 1.66 bits per heavy atom. The Kier molecular flexibility index (Phi) is 6.25. The van der Waals surface area contributed by atoms with Gasteiger partial charge in [0.15, 0.2) is 5.16 Å². The maximum absolute atomic E-state index is 13.5. The first-order valence-electron chi connectivity index (χ1n) is 11.2. The lowest BCUT2D eigenvalue weighted by molar-refractivity contribution is -0.115. The fourth-order valence-electron chi connectivity index (χ4n) is 3.94. The molecule has 0 aliphatic heterocycles. The number of methoxy groups -OCH3 is 1. The molecule has 0 saturated heterocycles. The molecule has 5 rings (SSSR count). The molecule has 174 valence electrons. The van der Waals surface area contributed by atoms with Crippen LogP contribution in [0.15, 0.2) is 101 Å². The van der Waals surface area contributed by atoms with Crippen molar-refractivity contribution in [3.8, 4) is 11.4 Å². The average molecular weight is 482 g/mol. The molecule has 5 aromatic rings. The van der Waals surface area contributed by atoms with E-state index in [0.717, 1.165) is 16.5 Å². The number of thioether (sulfide) groups is 1. The maximum atomic E-state index is 13.5. The van der Waals surface area contributed by atoms with Crippen LogP contribution in [0.1, 0.15) is 6.92 Å². The lowest BCUT2D eigenvalue weighted by atomic mass is 10.1. The maximum Gasteiger partial charge on any atom is 0.266 e. The number of carbonyl (C=O) groups is 1. The highest BCUT2D eigenvalue weighted by Gasteiger charge is 2.22. The van der Waals surface area contributed by atoms with Crippen LogP contribution in [-0.2, 0) is 4.79 Å². The number of hydrogen-bond acceptors (Lipinski definition) is 5. The topological polar surface area (TPSA) is 73.2 Å². The molecule has 0 saturated carbocycles. The van der Waals surface area contributed by atoms with Gasteiger partial charge in [0.2, 0.25) is 5.91 Å². The zero-order valence-electron chi connectivity index (χ0n) is 19.3. The van der Waals surface area contributed by atoms with Crippen molar-refractivity contribution in [2.75, 3.05) is 12.4 Å². The first-order valence-corrected chi connectivity index (χ1v) is 12.0. The summed E-state index contributed by atoms with van der Waals surface area (Å²) in [6.07, 6.45) is 0. The van der Waals surface area contributed by atoms with Crippen molar-refractivity contribution >= 4 is 45.0 Å². The summed E-state index contributed by atoms with van der Waals surface area (Å²) in [5, 5.41) is 5.54. The van der Waals surface area contributed by atoms with Gasteiger partial charge in [-0.3, -0.25) is 14.2 Å². The number of ether oxygens (including phenoxy) is 1. The first-order chi connectivity index (χ1) is 17.0. The van der Waals surface area contributed by atoms with Crippen molar-refractivity contribution < 1.29 is 9.53 Å². The fourth-order valence-corrected chi connectivity index (χ4v) is 4.86. The molecule has 4 aromatic carbocycles. The van der Waals surface area contributed by atoms with Crippen LogP contribution < -0.4 is 15.6 Å². The van der Waals surface area contributed by atoms with E-state index in [2.05, 4.69) is 5.32 Å². The van der Waals surface area contributed by atoms with Gasteiger partial charge in [0.25, 0.3) is 5.56 Å². The van der Waals surface area contributed by atoms with E-state index < -0.39 is 5.25 Å². The second-order valence-corrected chi connectivity index (χ2v) is 9.34. The van der Waals surface area contributed by atoms with E-state index in [1.165, 1.54) is 16.3 Å². The number of nitrogens with zero attached hydrogens (tertiary/aromatic N) is 2. The van der Waals surface area contributed by atoms with Gasteiger partial charge in [-0.15, -0.1) is 0 Å². The van der Waals surface area contributed by atoms with Crippen molar-refractivity contribution in [2.45, 2.75) is 17.3 Å². The summed E-state index contributed by atoms with van der Waals surface area (Å²) in [5.74, 6) is 0.362. The SMILES string of the molecule is COc1ccccc1-n1c(SC(C)C(=O)Nc2ccc3ccccc3c2)nc2ccccc2c1=O.